The normalized spacial score (nSPS) is 21.7. The summed E-state index contributed by atoms with van der Waals surface area (Å²) in [5.74, 6) is 0.483. The molecule has 2 aliphatic rings. The Morgan fingerprint density at radius 2 is 2.04 bits per heavy atom. The van der Waals surface area contributed by atoms with E-state index in [1.807, 2.05) is 31.7 Å². The molecule has 0 aliphatic carbocycles. The predicted octanol–water partition coefficient (Wildman–Crippen LogP) is 2.51. The molecule has 26 heavy (non-hydrogen) atoms. The van der Waals surface area contributed by atoms with Gasteiger partial charge in [-0.2, -0.15) is 8.42 Å². The minimum atomic E-state index is -3.65. The van der Waals surface area contributed by atoms with Crippen LogP contribution in [0.25, 0.3) is 0 Å². The van der Waals surface area contributed by atoms with Crippen molar-refractivity contribution in [1.29, 1.82) is 0 Å². The van der Waals surface area contributed by atoms with Gasteiger partial charge in [0.05, 0.1) is 0 Å². The minimum absolute atomic E-state index is 0.0172. The standard InChI is InChI=1S/C18H25N3O4S/c1-18(2,3)25-17(22)19-12-13-8-6-7-11-21(13)16-14-9-4-5-10-15(14)26(23,24)20-16/h4-5,9-10,13H,6-8,11-12H2,1-3H3,(H,19,22). The lowest BCUT2D eigenvalue weighted by atomic mass is 10.0. The predicted molar refractivity (Wildman–Crippen MR) is 98.7 cm³/mol. The maximum Gasteiger partial charge on any atom is 0.407 e. The van der Waals surface area contributed by atoms with Gasteiger partial charge in [-0.25, -0.2) is 4.79 Å². The van der Waals surface area contributed by atoms with Crippen LogP contribution in [-0.2, 0) is 14.8 Å². The molecule has 142 valence electrons. The Labute approximate surface area is 154 Å². The first kappa shape index (κ1) is 18.7. The zero-order valence-corrected chi connectivity index (χ0v) is 16.2. The number of hydrogen-bond acceptors (Lipinski definition) is 5. The molecule has 1 aromatic rings. The fourth-order valence-electron chi connectivity index (χ4n) is 3.30. The lowest BCUT2D eigenvalue weighted by Crippen LogP contribution is -2.50. The van der Waals surface area contributed by atoms with E-state index in [1.54, 1.807) is 18.2 Å². The molecule has 0 radical (unpaired) electrons. The summed E-state index contributed by atoms with van der Waals surface area (Å²) < 4.78 is 34.0. The molecule has 1 fully saturated rings. The van der Waals surface area contributed by atoms with Gasteiger partial charge in [0, 0.05) is 24.7 Å². The number of nitrogens with one attached hydrogen (secondary N) is 1. The number of hydrogen-bond donors (Lipinski definition) is 1. The molecule has 0 saturated carbocycles. The third-order valence-corrected chi connectivity index (χ3v) is 5.72. The second-order valence-electron chi connectivity index (χ2n) is 7.61. The number of amides is 1. The molecule has 8 heteroatoms. The van der Waals surface area contributed by atoms with Crippen LogP contribution in [-0.4, -0.2) is 50.0 Å². The van der Waals surface area contributed by atoms with E-state index < -0.39 is 21.7 Å². The first-order chi connectivity index (χ1) is 12.2. The maximum absolute atomic E-state index is 12.3. The average molecular weight is 379 g/mol. The summed E-state index contributed by atoms with van der Waals surface area (Å²) >= 11 is 0. The van der Waals surface area contributed by atoms with Gasteiger partial charge in [0.2, 0.25) is 0 Å². The third kappa shape index (κ3) is 4.00. The third-order valence-electron chi connectivity index (χ3n) is 4.39. The van der Waals surface area contributed by atoms with Crippen LogP contribution >= 0.6 is 0 Å². The number of amidine groups is 1. The van der Waals surface area contributed by atoms with E-state index in [4.69, 9.17) is 4.74 Å². The first-order valence-corrected chi connectivity index (χ1v) is 10.3. The van der Waals surface area contributed by atoms with E-state index in [0.717, 1.165) is 19.3 Å². The molecule has 1 amide bonds. The number of carbonyl (C=O) groups is 1. The molecule has 0 spiro atoms. The van der Waals surface area contributed by atoms with Gasteiger partial charge in [0.15, 0.2) is 5.84 Å². The Bertz CT molecular complexity index is 827. The topological polar surface area (TPSA) is 88.1 Å². The van der Waals surface area contributed by atoms with Crippen LogP contribution in [0.2, 0.25) is 0 Å². The van der Waals surface area contributed by atoms with Crippen molar-refractivity contribution in [2.45, 2.75) is 56.6 Å². The van der Waals surface area contributed by atoms with Crippen molar-refractivity contribution in [3.8, 4) is 0 Å². The number of benzene rings is 1. The maximum atomic E-state index is 12.3. The smallest absolute Gasteiger partial charge is 0.407 e. The number of fused-ring (bicyclic) bond motifs is 1. The van der Waals surface area contributed by atoms with Crippen LogP contribution in [0, 0.1) is 0 Å². The summed E-state index contributed by atoms with van der Waals surface area (Å²) in [7, 11) is -3.65. The van der Waals surface area contributed by atoms with E-state index >= 15 is 0 Å². The van der Waals surface area contributed by atoms with Gasteiger partial charge >= 0.3 is 6.09 Å². The van der Waals surface area contributed by atoms with Crippen LogP contribution in [0.15, 0.2) is 33.6 Å². The highest BCUT2D eigenvalue weighted by molar-refractivity contribution is 7.90. The first-order valence-electron chi connectivity index (χ1n) is 8.85. The van der Waals surface area contributed by atoms with E-state index in [2.05, 4.69) is 9.71 Å². The molecule has 2 aliphatic heterocycles. The number of sulfonamides is 1. The molecule has 1 N–H and O–H groups in total. The number of alkyl carbamates (subject to hydrolysis) is 1. The number of ether oxygens (including phenoxy) is 1. The Hall–Kier alpha value is -2.09. The molecule has 2 heterocycles. The van der Waals surface area contributed by atoms with Crippen LogP contribution in [0.3, 0.4) is 0 Å². The number of rotatable bonds is 2. The van der Waals surface area contributed by atoms with Crippen LogP contribution in [0.1, 0.15) is 45.6 Å². The fourth-order valence-corrected chi connectivity index (χ4v) is 4.52. The average Bonchev–Trinajstić information content (AvgIpc) is 2.84. The molecule has 1 atom stereocenters. The lowest BCUT2D eigenvalue weighted by Gasteiger charge is -2.37. The highest BCUT2D eigenvalue weighted by Crippen LogP contribution is 2.30. The molecule has 1 saturated heterocycles. The summed E-state index contributed by atoms with van der Waals surface area (Å²) in [6, 6.07) is 6.86. The van der Waals surface area contributed by atoms with Gasteiger partial charge in [-0.05, 0) is 52.2 Å². The van der Waals surface area contributed by atoms with Gasteiger partial charge in [0.1, 0.15) is 10.5 Å². The highest BCUT2D eigenvalue weighted by Gasteiger charge is 2.35. The van der Waals surface area contributed by atoms with Crippen LogP contribution < -0.4 is 5.32 Å². The molecular weight excluding hydrogens is 354 g/mol. The van der Waals surface area contributed by atoms with Crippen molar-refractivity contribution in [2.75, 3.05) is 13.1 Å². The molecule has 3 rings (SSSR count). The summed E-state index contributed by atoms with van der Waals surface area (Å²) in [5, 5.41) is 2.80. The van der Waals surface area contributed by atoms with Crippen molar-refractivity contribution in [1.82, 2.24) is 10.2 Å². The highest BCUT2D eigenvalue weighted by atomic mass is 32.2. The van der Waals surface area contributed by atoms with Crippen molar-refractivity contribution < 1.29 is 17.9 Å². The summed E-state index contributed by atoms with van der Waals surface area (Å²) in [4.78, 5) is 14.2. The zero-order chi connectivity index (χ0) is 18.9. The second-order valence-corrected chi connectivity index (χ2v) is 9.18. The molecular formula is C18H25N3O4S. The minimum Gasteiger partial charge on any atom is -0.444 e. The summed E-state index contributed by atoms with van der Waals surface area (Å²) in [6.45, 7) is 6.54. The van der Waals surface area contributed by atoms with Gasteiger partial charge in [-0.3, -0.25) is 0 Å². The quantitative estimate of drug-likeness (QED) is 0.853. The molecule has 1 aromatic carbocycles. The van der Waals surface area contributed by atoms with E-state index in [9.17, 15) is 13.2 Å². The molecule has 1 unspecified atom stereocenters. The summed E-state index contributed by atoms with van der Waals surface area (Å²) in [5.41, 5.74) is 0.0791. The van der Waals surface area contributed by atoms with E-state index in [1.165, 1.54) is 0 Å². The van der Waals surface area contributed by atoms with Crippen molar-refractivity contribution in [3.63, 3.8) is 0 Å². The van der Waals surface area contributed by atoms with Crippen LogP contribution in [0.4, 0.5) is 4.79 Å². The fraction of sp³-hybridized carbons (Fsp3) is 0.556. The Morgan fingerprint density at radius 3 is 2.77 bits per heavy atom. The Balaban J connectivity index is 1.77. The number of piperidine rings is 1. The van der Waals surface area contributed by atoms with Crippen molar-refractivity contribution in [3.05, 3.63) is 29.8 Å². The SMILES string of the molecule is CC(C)(C)OC(=O)NCC1CCCCN1C1=NS(=O)(=O)c2ccccc21. The largest absolute Gasteiger partial charge is 0.444 e. The molecule has 7 nitrogen and oxygen atoms in total. The van der Waals surface area contributed by atoms with Crippen molar-refractivity contribution >= 4 is 22.0 Å². The Morgan fingerprint density at radius 1 is 1.31 bits per heavy atom. The Kier molecular flexibility index (Phi) is 4.96. The van der Waals surface area contributed by atoms with Gasteiger partial charge in [-0.1, -0.05) is 12.1 Å². The van der Waals surface area contributed by atoms with Crippen molar-refractivity contribution in [2.24, 2.45) is 4.40 Å². The van der Waals surface area contributed by atoms with Gasteiger partial charge < -0.3 is 15.0 Å². The van der Waals surface area contributed by atoms with Gasteiger partial charge in [-0.15, -0.1) is 4.40 Å². The van der Waals surface area contributed by atoms with E-state index in [0.29, 0.717) is 24.5 Å². The summed E-state index contributed by atoms with van der Waals surface area (Å²) in [6.07, 6.45) is 2.38. The lowest BCUT2D eigenvalue weighted by molar-refractivity contribution is 0.0511. The second kappa shape index (κ2) is 6.90. The monoisotopic (exact) mass is 379 g/mol. The van der Waals surface area contributed by atoms with Gasteiger partial charge in [0.25, 0.3) is 10.0 Å². The van der Waals surface area contributed by atoms with Crippen LogP contribution in [0.5, 0.6) is 0 Å². The molecule has 0 bridgehead atoms. The number of likely N-dealkylation sites (tertiary alicyclic amines) is 1. The van der Waals surface area contributed by atoms with E-state index in [-0.39, 0.29) is 10.9 Å². The molecule has 0 aromatic heterocycles. The number of carbonyl (C=O) groups excluding carboxylic acids is 1. The number of nitrogens with zero attached hydrogens (tertiary/aromatic N) is 2. The zero-order valence-electron chi connectivity index (χ0n) is 15.4.